The molecule has 1 aliphatic heterocycles. The van der Waals surface area contributed by atoms with Crippen molar-refractivity contribution in [2.75, 3.05) is 18.0 Å². The number of nitrogens with zero attached hydrogens (tertiary/aromatic N) is 5. The van der Waals surface area contributed by atoms with Gasteiger partial charge in [0.05, 0.1) is 0 Å². The zero-order chi connectivity index (χ0) is 16.4. The molecule has 3 heterocycles. The molecule has 0 bridgehead atoms. The first-order valence-electron chi connectivity index (χ1n) is 8.09. The molecule has 1 fully saturated rings. The Morgan fingerprint density at radius 3 is 2.71 bits per heavy atom. The van der Waals surface area contributed by atoms with Crippen molar-refractivity contribution in [2.45, 2.75) is 19.4 Å². The first-order valence-corrected chi connectivity index (χ1v) is 8.09. The van der Waals surface area contributed by atoms with Gasteiger partial charge < -0.3 is 10.2 Å². The second-order valence-electron chi connectivity index (χ2n) is 5.84. The van der Waals surface area contributed by atoms with Crippen molar-refractivity contribution in [1.82, 2.24) is 24.9 Å². The number of amides is 1. The third-order valence-corrected chi connectivity index (χ3v) is 4.18. The summed E-state index contributed by atoms with van der Waals surface area (Å²) in [5.41, 5.74) is 2.30. The molecule has 0 atom stereocenters. The fraction of sp³-hybridized carbons (Fsp3) is 0.294. The average Bonchev–Trinajstić information content (AvgIpc) is 3.29. The first-order chi connectivity index (χ1) is 11.8. The molecular formula is C17H18N6O. The monoisotopic (exact) mass is 322 g/mol. The predicted molar refractivity (Wildman–Crippen MR) is 89.8 cm³/mol. The van der Waals surface area contributed by atoms with Crippen LogP contribution in [0.15, 0.2) is 42.7 Å². The number of carbonyl (C=O) groups is 1. The van der Waals surface area contributed by atoms with E-state index in [-0.39, 0.29) is 11.7 Å². The molecular weight excluding hydrogens is 304 g/mol. The van der Waals surface area contributed by atoms with Crippen molar-refractivity contribution in [1.29, 1.82) is 0 Å². The highest BCUT2D eigenvalue weighted by molar-refractivity contribution is 5.90. The van der Waals surface area contributed by atoms with Gasteiger partial charge >= 0.3 is 0 Å². The minimum absolute atomic E-state index is 0.127. The number of nitrogens with one attached hydrogen (secondary N) is 1. The third kappa shape index (κ3) is 2.92. The molecule has 1 saturated heterocycles. The maximum atomic E-state index is 12.2. The summed E-state index contributed by atoms with van der Waals surface area (Å²) in [4.78, 5) is 22.7. The summed E-state index contributed by atoms with van der Waals surface area (Å²) in [6, 6.07) is 10.1. The molecule has 0 spiro atoms. The molecule has 0 unspecified atom stereocenters. The molecule has 1 aromatic carbocycles. The normalized spacial score (nSPS) is 14.2. The predicted octanol–water partition coefficient (Wildman–Crippen LogP) is 1.65. The highest BCUT2D eigenvalue weighted by Gasteiger charge is 2.14. The highest BCUT2D eigenvalue weighted by Crippen LogP contribution is 2.20. The topological polar surface area (TPSA) is 75.4 Å². The number of fused-ring (bicyclic) bond motifs is 1. The van der Waals surface area contributed by atoms with Crippen molar-refractivity contribution < 1.29 is 4.79 Å². The van der Waals surface area contributed by atoms with Crippen LogP contribution in [0.1, 0.15) is 29.0 Å². The average molecular weight is 322 g/mol. The molecule has 24 heavy (non-hydrogen) atoms. The number of carbonyl (C=O) groups excluding carboxylic acids is 1. The molecule has 1 N–H and O–H groups in total. The first kappa shape index (κ1) is 14.6. The fourth-order valence-corrected chi connectivity index (χ4v) is 2.89. The Labute approximate surface area is 139 Å². The minimum atomic E-state index is -0.302. The van der Waals surface area contributed by atoms with Crippen LogP contribution >= 0.6 is 0 Å². The molecule has 7 nitrogen and oxygen atoms in total. The molecule has 3 aromatic rings. The van der Waals surface area contributed by atoms with Gasteiger partial charge in [0.25, 0.3) is 11.7 Å². The zero-order valence-electron chi connectivity index (χ0n) is 13.2. The summed E-state index contributed by atoms with van der Waals surface area (Å²) in [7, 11) is 0. The quantitative estimate of drug-likeness (QED) is 0.790. The van der Waals surface area contributed by atoms with E-state index in [1.807, 2.05) is 12.1 Å². The van der Waals surface area contributed by atoms with E-state index >= 15 is 0 Å². The van der Waals surface area contributed by atoms with Crippen LogP contribution in [0.5, 0.6) is 0 Å². The van der Waals surface area contributed by atoms with Crippen molar-refractivity contribution in [3.63, 3.8) is 0 Å². The van der Waals surface area contributed by atoms with Crippen molar-refractivity contribution in [3.05, 3.63) is 54.1 Å². The summed E-state index contributed by atoms with van der Waals surface area (Å²) < 4.78 is 1.49. The molecule has 7 heteroatoms. The summed E-state index contributed by atoms with van der Waals surface area (Å²) in [5, 5.41) is 6.96. The van der Waals surface area contributed by atoms with E-state index in [4.69, 9.17) is 0 Å². The lowest BCUT2D eigenvalue weighted by Gasteiger charge is -2.17. The minimum Gasteiger partial charge on any atom is -0.372 e. The lowest BCUT2D eigenvalue weighted by atomic mass is 10.2. The van der Waals surface area contributed by atoms with E-state index in [0.717, 1.165) is 18.7 Å². The second-order valence-corrected chi connectivity index (χ2v) is 5.84. The van der Waals surface area contributed by atoms with Crippen LogP contribution in [0, 0.1) is 0 Å². The van der Waals surface area contributed by atoms with E-state index in [0.29, 0.717) is 12.3 Å². The highest BCUT2D eigenvalue weighted by atomic mass is 16.2. The van der Waals surface area contributed by atoms with Crippen LogP contribution in [0.4, 0.5) is 5.69 Å². The standard InChI is InChI=1S/C17H18N6O/c24-16(15-20-17-18-8-3-11-23(17)21-15)19-12-13-4-6-14(7-5-13)22-9-1-2-10-22/h3-8,11H,1-2,9-10,12H2,(H,19,24). The Morgan fingerprint density at radius 1 is 1.17 bits per heavy atom. The van der Waals surface area contributed by atoms with Crippen molar-refractivity contribution in [2.24, 2.45) is 0 Å². The van der Waals surface area contributed by atoms with Crippen molar-refractivity contribution >= 4 is 17.4 Å². The Bertz CT molecular complexity index is 818. The van der Waals surface area contributed by atoms with E-state index in [1.165, 1.54) is 23.0 Å². The van der Waals surface area contributed by atoms with Gasteiger partial charge in [-0.2, -0.15) is 4.98 Å². The summed E-state index contributed by atoms with van der Waals surface area (Å²) in [6.45, 7) is 2.70. The van der Waals surface area contributed by atoms with Crippen LogP contribution in [0.25, 0.3) is 5.78 Å². The molecule has 1 aliphatic rings. The second kappa shape index (κ2) is 6.27. The zero-order valence-corrected chi connectivity index (χ0v) is 13.2. The molecule has 0 radical (unpaired) electrons. The maximum absolute atomic E-state index is 12.2. The summed E-state index contributed by atoms with van der Waals surface area (Å²) in [5.74, 6) is 0.240. The number of hydrogen-bond donors (Lipinski definition) is 1. The molecule has 0 aliphatic carbocycles. The summed E-state index contributed by atoms with van der Waals surface area (Å²) in [6.07, 6.45) is 5.86. The van der Waals surface area contributed by atoms with Gasteiger partial charge in [0.15, 0.2) is 0 Å². The van der Waals surface area contributed by atoms with Crippen LogP contribution in [0.3, 0.4) is 0 Å². The van der Waals surface area contributed by atoms with Gasteiger partial charge in [0.1, 0.15) is 0 Å². The van der Waals surface area contributed by atoms with E-state index < -0.39 is 0 Å². The smallest absolute Gasteiger partial charge is 0.291 e. The van der Waals surface area contributed by atoms with Gasteiger partial charge in [-0.25, -0.2) is 9.50 Å². The van der Waals surface area contributed by atoms with Gasteiger partial charge in [0.2, 0.25) is 5.82 Å². The Balaban J connectivity index is 1.39. The van der Waals surface area contributed by atoms with Gasteiger partial charge in [-0.1, -0.05) is 12.1 Å². The van der Waals surface area contributed by atoms with Gasteiger partial charge in [-0.05, 0) is 36.6 Å². The van der Waals surface area contributed by atoms with Crippen LogP contribution < -0.4 is 10.2 Å². The van der Waals surface area contributed by atoms with Gasteiger partial charge in [-0.3, -0.25) is 4.79 Å². The fourth-order valence-electron chi connectivity index (χ4n) is 2.89. The SMILES string of the molecule is O=C(NCc1ccc(N2CCCC2)cc1)c1nc2ncccn2n1. The van der Waals surface area contributed by atoms with E-state index in [1.54, 1.807) is 18.5 Å². The summed E-state index contributed by atoms with van der Waals surface area (Å²) >= 11 is 0. The van der Waals surface area contributed by atoms with Crippen molar-refractivity contribution in [3.8, 4) is 0 Å². The molecule has 4 rings (SSSR count). The molecule has 0 saturated carbocycles. The lowest BCUT2D eigenvalue weighted by Crippen LogP contribution is -2.24. The number of hydrogen-bond acceptors (Lipinski definition) is 5. The van der Waals surface area contributed by atoms with Crippen LogP contribution in [-0.2, 0) is 6.54 Å². The Kier molecular flexibility index (Phi) is 3.82. The Morgan fingerprint density at radius 2 is 1.96 bits per heavy atom. The number of benzene rings is 1. The lowest BCUT2D eigenvalue weighted by molar-refractivity contribution is 0.0940. The number of aromatic nitrogens is 4. The third-order valence-electron chi connectivity index (χ3n) is 4.18. The molecule has 1 amide bonds. The molecule has 2 aromatic heterocycles. The van der Waals surface area contributed by atoms with Crippen LogP contribution in [-0.4, -0.2) is 38.6 Å². The van der Waals surface area contributed by atoms with E-state index in [9.17, 15) is 4.79 Å². The van der Waals surface area contributed by atoms with Crippen LogP contribution in [0.2, 0.25) is 0 Å². The van der Waals surface area contributed by atoms with E-state index in [2.05, 4.69) is 37.4 Å². The molecule has 122 valence electrons. The number of rotatable bonds is 4. The Hall–Kier alpha value is -2.96. The largest absolute Gasteiger partial charge is 0.372 e. The van der Waals surface area contributed by atoms with Gasteiger partial charge in [-0.15, -0.1) is 5.10 Å². The van der Waals surface area contributed by atoms with Gasteiger partial charge in [0, 0.05) is 37.7 Å². The number of anilines is 1. The maximum Gasteiger partial charge on any atom is 0.291 e.